The van der Waals surface area contributed by atoms with E-state index < -0.39 is 6.09 Å². The number of aromatic nitrogens is 1. The Bertz CT molecular complexity index is 581. The van der Waals surface area contributed by atoms with Crippen molar-refractivity contribution in [3.63, 3.8) is 0 Å². The molecule has 2 aliphatic rings. The molecule has 0 radical (unpaired) electrons. The predicted octanol–water partition coefficient (Wildman–Crippen LogP) is 3.18. The lowest BCUT2D eigenvalue weighted by atomic mass is 10.0. The molecule has 0 bridgehead atoms. The lowest BCUT2D eigenvalue weighted by Crippen LogP contribution is -2.36. The molecule has 0 saturated heterocycles. The van der Waals surface area contributed by atoms with Gasteiger partial charge in [-0.2, -0.15) is 0 Å². The first-order chi connectivity index (χ1) is 11.2. The van der Waals surface area contributed by atoms with E-state index >= 15 is 0 Å². The molecule has 1 saturated carbocycles. The second kappa shape index (κ2) is 7.29. The quantitative estimate of drug-likeness (QED) is 0.916. The summed E-state index contributed by atoms with van der Waals surface area (Å²) in [7, 11) is 0. The Morgan fingerprint density at radius 3 is 2.91 bits per heavy atom. The summed E-state index contributed by atoms with van der Waals surface area (Å²) in [6, 6.07) is 0. The maximum Gasteiger partial charge on any atom is 0.413 e. The van der Waals surface area contributed by atoms with Crippen LogP contribution in [0.25, 0.3) is 0 Å². The molecule has 1 aromatic heterocycles. The minimum atomic E-state index is -0.479. The van der Waals surface area contributed by atoms with Gasteiger partial charge < -0.3 is 9.64 Å². The number of ether oxygens (including phenoxy) is 1. The molecule has 3 rings (SSSR count). The van der Waals surface area contributed by atoms with Crippen molar-refractivity contribution in [1.82, 2.24) is 9.88 Å². The maximum atomic E-state index is 12.5. The van der Waals surface area contributed by atoms with Crippen LogP contribution in [0.5, 0.6) is 0 Å². The number of carbonyl (C=O) groups excluding carboxylic acids is 2. The third kappa shape index (κ3) is 4.02. The van der Waals surface area contributed by atoms with Crippen molar-refractivity contribution in [3.8, 4) is 0 Å². The number of nitrogens with zero attached hydrogens (tertiary/aromatic N) is 2. The van der Waals surface area contributed by atoms with Crippen LogP contribution in [-0.4, -0.2) is 35.0 Å². The number of rotatable bonds is 4. The van der Waals surface area contributed by atoms with Crippen LogP contribution in [0.3, 0.4) is 0 Å². The number of anilines is 1. The van der Waals surface area contributed by atoms with Crippen LogP contribution >= 0.6 is 11.3 Å². The fourth-order valence-electron chi connectivity index (χ4n) is 3.31. The van der Waals surface area contributed by atoms with Crippen molar-refractivity contribution in [2.45, 2.75) is 52.0 Å². The highest BCUT2D eigenvalue weighted by Crippen LogP contribution is 2.31. The number of thiazole rings is 1. The molecule has 1 N–H and O–H groups in total. The third-order valence-corrected chi connectivity index (χ3v) is 5.50. The molecule has 0 atom stereocenters. The molecule has 6 nitrogen and oxygen atoms in total. The number of amides is 2. The summed E-state index contributed by atoms with van der Waals surface area (Å²) in [5.74, 6) is 0.835. The van der Waals surface area contributed by atoms with Crippen LogP contribution in [0.1, 0.15) is 49.6 Å². The number of fused-ring (bicyclic) bond motifs is 1. The van der Waals surface area contributed by atoms with Crippen LogP contribution in [-0.2, 0) is 22.5 Å². The number of nitrogens with one attached hydrogen (secondary N) is 1. The van der Waals surface area contributed by atoms with Gasteiger partial charge in [0, 0.05) is 24.3 Å². The molecule has 1 aliphatic heterocycles. The zero-order valence-corrected chi connectivity index (χ0v) is 14.3. The second-order valence-corrected chi connectivity index (χ2v) is 7.24. The van der Waals surface area contributed by atoms with Gasteiger partial charge in [0.15, 0.2) is 5.13 Å². The molecule has 7 heteroatoms. The first-order valence-corrected chi connectivity index (χ1v) is 9.17. The van der Waals surface area contributed by atoms with Gasteiger partial charge in [-0.15, -0.1) is 0 Å². The minimum absolute atomic E-state index is 0.260. The SMILES string of the molecule is CCOC(=O)Nc1nc2c(s1)CN(C(=O)CC1CCCC1)CC2. The van der Waals surface area contributed by atoms with E-state index in [2.05, 4.69) is 10.3 Å². The molecule has 2 amide bonds. The molecule has 1 aliphatic carbocycles. The average Bonchev–Trinajstić information content (AvgIpc) is 3.15. The smallest absolute Gasteiger partial charge is 0.413 e. The minimum Gasteiger partial charge on any atom is -0.450 e. The van der Waals surface area contributed by atoms with E-state index in [1.165, 1.54) is 37.0 Å². The number of carbonyl (C=O) groups is 2. The maximum absolute atomic E-state index is 12.5. The van der Waals surface area contributed by atoms with Crippen LogP contribution in [0, 0.1) is 5.92 Å². The van der Waals surface area contributed by atoms with Crippen LogP contribution < -0.4 is 5.32 Å². The van der Waals surface area contributed by atoms with E-state index in [1.54, 1.807) is 6.92 Å². The zero-order chi connectivity index (χ0) is 16.2. The summed E-state index contributed by atoms with van der Waals surface area (Å²) in [5, 5.41) is 3.20. The van der Waals surface area contributed by atoms with Crippen LogP contribution in [0.2, 0.25) is 0 Å². The van der Waals surface area contributed by atoms with Crippen molar-refractivity contribution in [3.05, 3.63) is 10.6 Å². The van der Waals surface area contributed by atoms with Crippen molar-refractivity contribution in [2.75, 3.05) is 18.5 Å². The molecular formula is C16H23N3O3S. The van der Waals surface area contributed by atoms with Crippen molar-refractivity contribution < 1.29 is 14.3 Å². The van der Waals surface area contributed by atoms with Crippen molar-refractivity contribution >= 4 is 28.5 Å². The molecule has 23 heavy (non-hydrogen) atoms. The normalized spacial score (nSPS) is 17.9. The topological polar surface area (TPSA) is 71.5 Å². The number of hydrogen-bond acceptors (Lipinski definition) is 5. The van der Waals surface area contributed by atoms with E-state index in [1.807, 2.05) is 4.90 Å². The summed E-state index contributed by atoms with van der Waals surface area (Å²) in [6.07, 6.45) is 5.87. The van der Waals surface area contributed by atoms with Crippen molar-refractivity contribution in [2.24, 2.45) is 5.92 Å². The zero-order valence-electron chi connectivity index (χ0n) is 13.5. The Labute approximate surface area is 140 Å². The summed E-state index contributed by atoms with van der Waals surface area (Å²) in [4.78, 5) is 31.4. The first kappa shape index (κ1) is 16.2. The molecular weight excluding hydrogens is 314 g/mol. The van der Waals surface area contributed by atoms with Gasteiger partial charge in [-0.05, 0) is 25.7 Å². The molecule has 2 heterocycles. The Morgan fingerprint density at radius 1 is 1.39 bits per heavy atom. The Balaban J connectivity index is 1.58. The fraction of sp³-hybridized carbons (Fsp3) is 0.688. The third-order valence-electron chi connectivity index (χ3n) is 4.51. The lowest BCUT2D eigenvalue weighted by molar-refractivity contribution is -0.133. The largest absolute Gasteiger partial charge is 0.450 e. The monoisotopic (exact) mass is 337 g/mol. The Kier molecular flexibility index (Phi) is 5.15. The fourth-order valence-corrected chi connectivity index (χ4v) is 4.32. The molecule has 126 valence electrons. The highest BCUT2D eigenvalue weighted by molar-refractivity contribution is 7.15. The highest BCUT2D eigenvalue weighted by Gasteiger charge is 2.27. The second-order valence-electron chi connectivity index (χ2n) is 6.15. The standard InChI is InChI=1S/C16H23N3O3S/c1-2-22-16(21)18-15-17-12-7-8-19(10-13(12)23-15)14(20)9-11-5-3-4-6-11/h11H,2-10H2,1H3,(H,17,18,21). The van der Waals surface area contributed by atoms with Gasteiger partial charge in [0.2, 0.25) is 5.91 Å². The van der Waals surface area contributed by atoms with E-state index in [-0.39, 0.29) is 5.91 Å². The molecule has 0 spiro atoms. The van der Waals surface area contributed by atoms with Gasteiger partial charge >= 0.3 is 6.09 Å². The Hall–Kier alpha value is -1.63. The summed E-state index contributed by atoms with van der Waals surface area (Å²) in [6.45, 7) is 3.44. The Morgan fingerprint density at radius 2 is 2.17 bits per heavy atom. The molecule has 0 aromatic carbocycles. The van der Waals surface area contributed by atoms with E-state index in [4.69, 9.17) is 4.74 Å². The lowest BCUT2D eigenvalue weighted by Gasteiger charge is -2.27. The molecule has 1 aromatic rings. The molecule has 1 fully saturated rings. The van der Waals surface area contributed by atoms with Crippen LogP contribution in [0.15, 0.2) is 0 Å². The summed E-state index contributed by atoms with van der Waals surface area (Å²) < 4.78 is 4.86. The predicted molar refractivity (Wildman–Crippen MR) is 88.5 cm³/mol. The van der Waals surface area contributed by atoms with Gasteiger partial charge in [0.25, 0.3) is 0 Å². The van der Waals surface area contributed by atoms with Gasteiger partial charge in [-0.3, -0.25) is 10.1 Å². The van der Waals surface area contributed by atoms with E-state index in [0.29, 0.717) is 30.6 Å². The van der Waals surface area contributed by atoms with E-state index in [9.17, 15) is 9.59 Å². The first-order valence-electron chi connectivity index (χ1n) is 8.36. The highest BCUT2D eigenvalue weighted by atomic mass is 32.1. The average molecular weight is 337 g/mol. The van der Waals surface area contributed by atoms with Gasteiger partial charge in [-0.1, -0.05) is 24.2 Å². The van der Waals surface area contributed by atoms with Gasteiger partial charge in [0.1, 0.15) is 0 Å². The van der Waals surface area contributed by atoms with Gasteiger partial charge in [-0.25, -0.2) is 9.78 Å². The summed E-state index contributed by atoms with van der Waals surface area (Å²) >= 11 is 1.44. The van der Waals surface area contributed by atoms with E-state index in [0.717, 1.165) is 23.5 Å². The van der Waals surface area contributed by atoms with Crippen LogP contribution in [0.4, 0.5) is 9.93 Å². The van der Waals surface area contributed by atoms with Gasteiger partial charge in [0.05, 0.1) is 18.8 Å². The summed E-state index contributed by atoms with van der Waals surface area (Å²) in [5.41, 5.74) is 0.992. The number of hydrogen-bond donors (Lipinski definition) is 1. The molecule has 0 unspecified atom stereocenters. The van der Waals surface area contributed by atoms with Crippen molar-refractivity contribution in [1.29, 1.82) is 0 Å².